The fourth-order valence-electron chi connectivity index (χ4n) is 3.06. The first-order valence-electron chi connectivity index (χ1n) is 7.84. The van der Waals surface area contributed by atoms with Gasteiger partial charge in [-0.2, -0.15) is 0 Å². The summed E-state index contributed by atoms with van der Waals surface area (Å²) in [4.78, 5) is 18.7. The number of carbonyl (C=O) groups excluding carboxylic acids is 1. The Hall–Kier alpha value is -1.84. The van der Waals surface area contributed by atoms with E-state index >= 15 is 0 Å². The molecule has 0 unspecified atom stereocenters. The van der Waals surface area contributed by atoms with E-state index in [9.17, 15) is 4.79 Å². The van der Waals surface area contributed by atoms with Gasteiger partial charge in [-0.05, 0) is 25.3 Å². The Kier molecular flexibility index (Phi) is 4.53. The molecule has 1 aliphatic carbocycles. The molecule has 0 bridgehead atoms. The van der Waals surface area contributed by atoms with Gasteiger partial charge in [0.25, 0.3) is 0 Å². The first-order valence-corrected chi connectivity index (χ1v) is 7.84. The van der Waals surface area contributed by atoms with Crippen molar-refractivity contribution >= 4 is 5.91 Å². The Bertz CT molecular complexity index is 493. The number of hydrogen-bond acceptors (Lipinski definition) is 3. The zero-order valence-corrected chi connectivity index (χ0v) is 12.3. The molecule has 4 heteroatoms. The fraction of sp³-hybridized carbons (Fsp3) is 0.529. The topological polar surface area (TPSA) is 42.4 Å². The van der Waals surface area contributed by atoms with Gasteiger partial charge in [0.15, 0.2) is 0 Å². The van der Waals surface area contributed by atoms with Gasteiger partial charge in [0.1, 0.15) is 6.10 Å². The summed E-state index contributed by atoms with van der Waals surface area (Å²) in [6, 6.07) is 5.69. The van der Waals surface area contributed by atoms with Crippen LogP contribution in [0.5, 0.6) is 5.88 Å². The van der Waals surface area contributed by atoms with E-state index in [1.165, 1.54) is 0 Å². The molecule has 0 radical (unpaired) electrons. The molecule has 1 aromatic heterocycles. The Morgan fingerprint density at radius 1 is 1.19 bits per heavy atom. The molecule has 0 aromatic carbocycles. The maximum atomic E-state index is 12.5. The lowest BCUT2D eigenvalue weighted by Gasteiger charge is -2.34. The number of nitrogens with zero attached hydrogens (tertiary/aromatic N) is 2. The van der Waals surface area contributed by atoms with E-state index in [-0.39, 0.29) is 12.0 Å². The highest BCUT2D eigenvalue weighted by Crippen LogP contribution is 2.23. The molecule has 1 aromatic rings. The Morgan fingerprint density at radius 3 is 2.71 bits per heavy atom. The number of amides is 1. The maximum Gasteiger partial charge on any atom is 0.226 e. The zero-order chi connectivity index (χ0) is 14.5. The molecule has 2 heterocycles. The average molecular weight is 286 g/mol. The van der Waals surface area contributed by atoms with Crippen molar-refractivity contribution in [1.29, 1.82) is 0 Å². The SMILES string of the molecule is O=C([C@H]1CC=CCC1)N1CCC(Oc2ccccn2)CC1. The summed E-state index contributed by atoms with van der Waals surface area (Å²) in [7, 11) is 0. The van der Waals surface area contributed by atoms with Gasteiger partial charge < -0.3 is 9.64 Å². The number of pyridine rings is 1. The number of piperidine rings is 1. The molecular weight excluding hydrogens is 264 g/mol. The largest absolute Gasteiger partial charge is 0.474 e. The molecule has 1 saturated heterocycles. The van der Waals surface area contributed by atoms with E-state index in [1.807, 2.05) is 23.1 Å². The van der Waals surface area contributed by atoms with Gasteiger partial charge in [0.05, 0.1) is 0 Å². The summed E-state index contributed by atoms with van der Waals surface area (Å²) in [6.07, 6.45) is 11.0. The lowest BCUT2D eigenvalue weighted by molar-refractivity contribution is -0.137. The van der Waals surface area contributed by atoms with Gasteiger partial charge in [-0.15, -0.1) is 0 Å². The van der Waals surface area contributed by atoms with Crippen LogP contribution in [0.1, 0.15) is 32.1 Å². The number of ether oxygens (including phenoxy) is 1. The minimum atomic E-state index is 0.176. The fourth-order valence-corrected chi connectivity index (χ4v) is 3.06. The first-order chi connectivity index (χ1) is 10.3. The van der Waals surface area contributed by atoms with Crippen LogP contribution in [0, 0.1) is 5.92 Å². The van der Waals surface area contributed by atoms with Crippen LogP contribution in [0.25, 0.3) is 0 Å². The van der Waals surface area contributed by atoms with E-state index in [1.54, 1.807) is 6.20 Å². The normalized spacial score (nSPS) is 23.0. The molecule has 0 N–H and O–H groups in total. The molecule has 112 valence electrons. The van der Waals surface area contributed by atoms with Crippen LogP contribution < -0.4 is 4.74 Å². The summed E-state index contributed by atoms with van der Waals surface area (Å²) in [6.45, 7) is 1.60. The third kappa shape index (κ3) is 3.63. The lowest BCUT2D eigenvalue weighted by Crippen LogP contribution is -2.44. The summed E-state index contributed by atoms with van der Waals surface area (Å²) in [5, 5.41) is 0. The minimum Gasteiger partial charge on any atom is -0.474 e. The van der Waals surface area contributed by atoms with Crippen molar-refractivity contribution in [3.05, 3.63) is 36.5 Å². The van der Waals surface area contributed by atoms with Crippen LogP contribution in [-0.2, 0) is 4.79 Å². The number of likely N-dealkylation sites (tertiary alicyclic amines) is 1. The molecule has 4 nitrogen and oxygen atoms in total. The van der Waals surface area contributed by atoms with Crippen LogP contribution in [0.2, 0.25) is 0 Å². The van der Waals surface area contributed by atoms with Gasteiger partial charge in [-0.1, -0.05) is 18.2 Å². The Balaban J connectivity index is 1.48. The highest BCUT2D eigenvalue weighted by atomic mass is 16.5. The van der Waals surface area contributed by atoms with Crippen molar-refractivity contribution in [3.63, 3.8) is 0 Å². The van der Waals surface area contributed by atoms with Gasteiger partial charge in [-0.3, -0.25) is 4.79 Å². The van der Waals surface area contributed by atoms with Crippen LogP contribution in [0.15, 0.2) is 36.5 Å². The number of carbonyl (C=O) groups is 1. The van der Waals surface area contributed by atoms with Gasteiger partial charge in [0.2, 0.25) is 11.8 Å². The van der Waals surface area contributed by atoms with Gasteiger partial charge in [0, 0.05) is 44.1 Å². The van der Waals surface area contributed by atoms with Crippen molar-refractivity contribution < 1.29 is 9.53 Å². The molecule has 0 spiro atoms. The van der Waals surface area contributed by atoms with E-state index in [4.69, 9.17) is 4.74 Å². The molecule has 3 rings (SSSR count). The highest BCUT2D eigenvalue weighted by Gasteiger charge is 2.28. The maximum absolute atomic E-state index is 12.5. The van der Waals surface area contributed by atoms with Crippen molar-refractivity contribution in [2.24, 2.45) is 5.92 Å². The van der Waals surface area contributed by atoms with E-state index in [0.717, 1.165) is 45.2 Å². The Labute approximate surface area is 125 Å². The third-order valence-electron chi connectivity index (χ3n) is 4.30. The van der Waals surface area contributed by atoms with E-state index in [0.29, 0.717) is 11.8 Å². The molecular formula is C17H22N2O2. The molecule has 0 saturated carbocycles. The molecule has 21 heavy (non-hydrogen) atoms. The summed E-state index contributed by atoms with van der Waals surface area (Å²) >= 11 is 0. The quantitative estimate of drug-likeness (QED) is 0.802. The zero-order valence-electron chi connectivity index (χ0n) is 12.3. The Morgan fingerprint density at radius 2 is 2.05 bits per heavy atom. The predicted octanol–water partition coefficient (Wildman–Crippen LogP) is 2.81. The van der Waals surface area contributed by atoms with Gasteiger partial charge >= 0.3 is 0 Å². The van der Waals surface area contributed by atoms with E-state index < -0.39 is 0 Å². The number of allylic oxidation sites excluding steroid dienone is 2. The summed E-state index contributed by atoms with van der Waals surface area (Å²) in [5.74, 6) is 1.21. The standard InChI is InChI=1S/C17H22N2O2/c20-17(14-6-2-1-3-7-14)19-12-9-15(10-13-19)21-16-8-4-5-11-18-16/h1-2,4-5,8,11,14-15H,3,6-7,9-10,12-13H2/t14-/m0/s1. The second kappa shape index (κ2) is 6.74. The van der Waals surface area contributed by atoms with E-state index in [2.05, 4.69) is 17.1 Å². The van der Waals surface area contributed by atoms with Crippen LogP contribution in [-0.4, -0.2) is 35.0 Å². The smallest absolute Gasteiger partial charge is 0.226 e. The second-order valence-electron chi connectivity index (χ2n) is 5.79. The molecule has 1 fully saturated rings. The second-order valence-corrected chi connectivity index (χ2v) is 5.79. The molecule has 1 amide bonds. The number of rotatable bonds is 3. The predicted molar refractivity (Wildman–Crippen MR) is 80.9 cm³/mol. The van der Waals surface area contributed by atoms with Gasteiger partial charge in [-0.25, -0.2) is 4.98 Å². The van der Waals surface area contributed by atoms with Crippen molar-refractivity contribution in [3.8, 4) is 5.88 Å². The molecule has 2 aliphatic rings. The van der Waals surface area contributed by atoms with Crippen LogP contribution in [0.3, 0.4) is 0 Å². The van der Waals surface area contributed by atoms with Crippen molar-refractivity contribution in [2.75, 3.05) is 13.1 Å². The van der Waals surface area contributed by atoms with Crippen molar-refractivity contribution in [1.82, 2.24) is 9.88 Å². The highest BCUT2D eigenvalue weighted by molar-refractivity contribution is 5.79. The lowest BCUT2D eigenvalue weighted by atomic mass is 9.92. The monoisotopic (exact) mass is 286 g/mol. The minimum absolute atomic E-state index is 0.176. The summed E-state index contributed by atoms with van der Waals surface area (Å²) < 4.78 is 5.87. The van der Waals surface area contributed by atoms with Crippen LogP contribution >= 0.6 is 0 Å². The third-order valence-corrected chi connectivity index (χ3v) is 4.30. The molecule has 1 aliphatic heterocycles. The first kappa shape index (κ1) is 14.1. The van der Waals surface area contributed by atoms with Crippen molar-refractivity contribution in [2.45, 2.75) is 38.2 Å². The van der Waals surface area contributed by atoms with Crippen LogP contribution in [0.4, 0.5) is 0 Å². The summed E-state index contributed by atoms with van der Waals surface area (Å²) in [5.41, 5.74) is 0. The number of hydrogen-bond donors (Lipinski definition) is 0. The molecule has 1 atom stereocenters. The average Bonchev–Trinajstić information content (AvgIpc) is 2.57. The number of aromatic nitrogens is 1.